The summed E-state index contributed by atoms with van der Waals surface area (Å²) in [6.45, 7) is 2.07. The standard InChI is InChI=1S/C15H12FN/c1-11-5-6-15-12(9-11)7-8-17(15)14-4-2-3-13(16)10-14/h2-10H,1H3. The fourth-order valence-electron chi connectivity index (χ4n) is 2.11. The molecule has 0 aliphatic carbocycles. The summed E-state index contributed by atoms with van der Waals surface area (Å²) in [6.07, 6.45) is 1.97. The molecule has 0 saturated heterocycles. The summed E-state index contributed by atoms with van der Waals surface area (Å²) in [5.74, 6) is -0.212. The molecule has 0 saturated carbocycles. The minimum Gasteiger partial charge on any atom is -0.316 e. The quantitative estimate of drug-likeness (QED) is 0.588. The van der Waals surface area contributed by atoms with E-state index in [2.05, 4.69) is 25.1 Å². The number of benzene rings is 2. The van der Waals surface area contributed by atoms with Crippen LogP contribution in [0.3, 0.4) is 0 Å². The van der Waals surface area contributed by atoms with Crippen LogP contribution in [-0.4, -0.2) is 4.57 Å². The zero-order valence-electron chi connectivity index (χ0n) is 9.52. The molecule has 0 spiro atoms. The summed E-state index contributed by atoms with van der Waals surface area (Å²) in [5.41, 5.74) is 3.18. The van der Waals surface area contributed by atoms with Gasteiger partial charge in [-0.2, -0.15) is 0 Å². The molecule has 17 heavy (non-hydrogen) atoms. The minimum absolute atomic E-state index is 0.212. The lowest BCUT2D eigenvalue weighted by Gasteiger charge is -2.05. The molecule has 1 heterocycles. The van der Waals surface area contributed by atoms with Crippen molar-refractivity contribution in [1.82, 2.24) is 4.57 Å². The van der Waals surface area contributed by atoms with Crippen LogP contribution in [0.2, 0.25) is 0 Å². The molecule has 0 aliphatic rings. The van der Waals surface area contributed by atoms with Gasteiger partial charge in [-0.25, -0.2) is 4.39 Å². The normalized spacial score (nSPS) is 10.9. The van der Waals surface area contributed by atoms with E-state index >= 15 is 0 Å². The SMILES string of the molecule is Cc1ccc2c(ccn2-c2cccc(F)c2)c1. The number of hydrogen-bond donors (Lipinski definition) is 0. The van der Waals surface area contributed by atoms with Crippen molar-refractivity contribution in [1.29, 1.82) is 0 Å². The van der Waals surface area contributed by atoms with Gasteiger partial charge in [0, 0.05) is 17.3 Å². The number of fused-ring (bicyclic) bond motifs is 1. The lowest BCUT2D eigenvalue weighted by molar-refractivity contribution is 0.627. The smallest absolute Gasteiger partial charge is 0.125 e. The summed E-state index contributed by atoms with van der Waals surface area (Å²) in [4.78, 5) is 0. The molecule has 0 bridgehead atoms. The Morgan fingerprint density at radius 3 is 2.71 bits per heavy atom. The van der Waals surface area contributed by atoms with E-state index in [0.717, 1.165) is 11.2 Å². The number of rotatable bonds is 1. The molecule has 84 valence electrons. The first-order chi connectivity index (χ1) is 8.24. The fourth-order valence-corrected chi connectivity index (χ4v) is 2.11. The second-order valence-corrected chi connectivity index (χ2v) is 4.23. The summed E-state index contributed by atoms with van der Waals surface area (Å²) in [6, 6.07) is 14.9. The van der Waals surface area contributed by atoms with Crippen LogP contribution in [0.1, 0.15) is 5.56 Å². The topological polar surface area (TPSA) is 4.93 Å². The Labute approximate surface area is 99.1 Å². The molecule has 1 aromatic heterocycles. The predicted octanol–water partition coefficient (Wildman–Crippen LogP) is 4.08. The fraction of sp³-hybridized carbons (Fsp3) is 0.0667. The van der Waals surface area contributed by atoms with Crippen LogP contribution < -0.4 is 0 Å². The average Bonchev–Trinajstić information content (AvgIpc) is 2.71. The maximum Gasteiger partial charge on any atom is 0.125 e. The summed E-state index contributed by atoms with van der Waals surface area (Å²) in [7, 11) is 0. The Bertz CT molecular complexity index is 682. The Hall–Kier alpha value is -2.09. The average molecular weight is 225 g/mol. The van der Waals surface area contributed by atoms with Gasteiger partial charge < -0.3 is 4.57 Å². The van der Waals surface area contributed by atoms with Gasteiger partial charge >= 0.3 is 0 Å². The van der Waals surface area contributed by atoms with Crippen molar-refractivity contribution in [3.63, 3.8) is 0 Å². The monoisotopic (exact) mass is 225 g/mol. The van der Waals surface area contributed by atoms with E-state index in [-0.39, 0.29) is 5.82 Å². The highest BCUT2D eigenvalue weighted by Gasteiger charge is 2.03. The molecule has 0 radical (unpaired) electrons. The first-order valence-electron chi connectivity index (χ1n) is 5.58. The first kappa shape index (κ1) is 10.1. The number of aryl methyl sites for hydroxylation is 1. The molecular weight excluding hydrogens is 213 g/mol. The van der Waals surface area contributed by atoms with Crippen molar-refractivity contribution in [2.75, 3.05) is 0 Å². The van der Waals surface area contributed by atoms with Crippen molar-refractivity contribution >= 4 is 10.9 Å². The van der Waals surface area contributed by atoms with Gasteiger partial charge in [-0.1, -0.05) is 17.7 Å². The molecule has 0 fully saturated rings. The highest BCUT2D eigenvalue weighted by atomic mass is 19.1. The van der Waals surface area contributed by atoms with E-state index in [1.54, 1.807) is 12.1 Å². The zero-order valence-corrected chi connectivity index (χ0v) is 9.52. The summed E-state index contributed by atoms with van der Waals surface area (Å²) in [5, 5.41) is 1.18. The third-order valence-corrected chi connectivity index (χ3v) is 2.93. The molecule has 1 nitrogen and oxygen atoms in total. The van der Waals surface area contributed by atoms with Gasteiger partial charge in [-0.3, -0.25) is 0 Å². The lowest BCUT2D eigenvalue weighted by Crippen LogP contribution is -1.92. The minimum atomic E-state index is -0.212. The molecular formula is C15H12FN. The van der Waals surface area contributed by atoms with E-state index < -0.39 is 0 Å². The van der Waals surface area contributed by atoms with Gasteiger partial charge in [-0.05, 0) is 43.3 Å². The Balaban J connectivity index is 2.24. The molecule has 3 aromatic rings. The number of aromatic nitrogens is 1. The first-order valence-corrected chi connectivity index (χ1v) is 5.58. The second kappa shape index (κ2) is 3.74. The van der Waals surface area contributed by atoms with Gasteiger partial charge in [-0.15, -0.1) is 0 Å². The molecule has 2 aromatic carbocycles. The van der Waals surface area contributed by atoms with E-state index in [1.807, 2.05) is 22.9 Å². The van der Waals surface area contributed by atoms with Crippen LogP contribution in [0.25, 0.3) is 16.6 Å². The van der Waals surface area contributed by atoms with Crippen LogP contribution in [0.15, 0.2) is 54.7 Å². The molecule has 0 amide bonds. The lowest BCUT2D eigenvalue weighted by atomic mass is 10.2. The molecule has 0 atom stereocenters. The summed E-state index contributed by atoms with van der Waals surface area (Å²) < 4.78 is 15.2. The highest BCUT2D eigenvalue weighted by molar-refractivity contribution is 5.82. The number of hydrogen-bond acceptors (Lipinski definition) is 0. The van der Waals surface area contributed by atoms with E-state index in [9.17, 15) is 4.39 Å². The second-order valence-electron chi connectivity index (χ2n) is 4.23. The Morgan fingerprint density at radius 1 is 1.00 bits per heavy atom. The van der Waals surface area contributed by atoms with Gasteiger partial charge in [0.05, 0.1) is 5.52 Å². The molecule has 0 N–H and O–H groups in total. The van der Waals surface area contributed by atoms with Crippen LogP contribution in [0, 0.1) is 12.7 Å². The number of nitrogens with zero attached hydrogens (tertiary/aromatic N) is 1. The van der Waals surface area contributed by atoms with Crippen LogP contribution >= 0.6 is 0 Å². The Kier molecular flexibility index (Phi) is 2.22. The summed E-state index contributed by atoms with van der Waals surface area (Å²) >= 11 is 0. The number of halogens is 1. The zero-order chi connectivity index (χ0) is 11.8. The largest absolute Gasteiger partial charge is 0.316 e. The van der Waals surface area contributed by atoms with Gasteiger partial charge in [0.15, 0.2) is 0 Å². The maximum atomic E-state index is 13.2. The van der Waals surface area contributed by atoms with Crippen LogP contribution in [0.5, 0.6) is 0 Å². The predicted molar refractivity (Wildman–Crippen MR) is 68.0 cm³/mol. The van der Waals surface area contributed by atoms with E-state index in [0.29, 0.717) is 0 Å². The van der Waals surface area contributed by atoms with Gasteiger partial charge in [0.1, 0.15) is 5.82 Å². The van der Waals surface area contributed by atoms with Crippen molar-refractivity contribution in [3.05, 3.63) is 66.1 Å². The van der Waals surface area contributed by atoms with E-state index in [4.69, 9.17) is 0 Å². The van der Waals surface area contributed by atoms with Crippen molar-refractivity contribution < 1.29 is 4.39 Å². The highest BCUT2D eigenvalue weighted by Crippen LogP contribution is 2.21. The molecule has 3 rings (SSSR count). The van der Waals surface area contributed by atoms with Crippen LogP contribution in [0.4, 0.5) is 4.39 Å². The molecule has 2 heteroatoms. The van der Waals surface area contributed by atoms with Gasteiger partial charge in [0.2, 0.25) is 0 Å². The van der Waals surface area contributed by atoms with Crippen molar-refractivity contribution in [3.8, 4) is 5.69 Å². The van der Waals surface area contributed by atoms with Crippen molar-refractivity contribution in [2.45, 2.75) is 6.92 Å². The van der Waals surface area contributed by atoms with Crippen LogP contribution in [-0.2, 0) is 0 Å². The van der Waals surface area contributed by atoms with Crippen molar-refractivity contribution in [2.24, 2.45) is 0 Å². The maximum absolute atomic E-state index is 13.2. The van der Waals surface area contributed by atoms with Gasteiger partial charge in [0.25, 0.3) is 0 Å². The Morgan fingerprint density at radius 2 is 1.88 bits per heavy atom. The molecule has 0 unspecified atom stereocenters. The third kappa shape index (κ3) is 1.72. The third-order valence-electron chi connectivity index (χ3n) is 2.93. The molecule has 0 aliphatic heterocycles. The van der Waals surface area contributed by atoms with E-state index in [1.165, 1.54) is 17.0 Å².